The molecule has 0 bridgehead atoms. The Bertz CT molecular complexity index is 494. The van der Waals surface area contributed by atoms with Gasteiger partial charge in [0, 0.05) is 0 Å². The van der Waals surface area contributed by atoms with Crippen LogP contribution in [-0.2, 0) is 32.5 Å². The summed E-state index contributed by atoms with van der Waals surface area (Å²) in [5.41, 5.74) is 0. The van der Waals surface area contributed by atoms with E-state index in [1.807, 2.05) is 0 Å². The largest absolute Gasteiger partial charge is 0.469 e. The molecule has 0 amide bonds. The fraction of sp³-hybridized carbons (Fsp3) is 0.600. The Kier molecular flexibility index (Phi) is 5.29. The lowest BCUT2D eigenvalue weighted by Crippen LogP contribution is -2.25. The van der Waals surface area contributed by atoms with Gasteiger partial charge in [-0.15, -0.1) is 0 Å². The SMILES string of the molecule is CCCS(=O)(=O)NCc1cnc(CC(=O)OC)o1. The molecular weight excluding hydrogens is 260 g/mol. The van der Waals surface area contributed by atoms with Crippen LogP contribution in [0.3, 0.4) is 0 Å². The predicted octanol–water partition coefficient (Wildman–Crippen LogP) is 0.219. The molecule has 0 fully saturated rings. The highest BCUT2D eigenvalue weighted by molar-refractivity contribution is 7.89. The van der Waals surface area contributed by atoms with E-state index in [0.29, 0.717) is 12.2 Å². The highest BCUT2D eigenvalue weighted by atomic mass is 32.2. The van der Waals surface area contributed by atoms with Crippen LogP contribution in [0.4, 0.5) is 0 Å². The van der Waals surface area contributed by atoms with Crippen LogP contribution >= 0.6 is 0 Å². The molecule has 0 radical (unpaired) electrons. The van der Waals surface area contributed by atoms with E-state index in [9.17, 15) is 13.2 Å². The molecule has 0 spiro atoms. The smallest absolute Gasteiger partial charge is 0.314 e. The number of nitrogens with zero attached hydrogens (tertiary/aromatic N) is 1. The summed E-state index contributed by atoms with van der Waals surface area (Å²) in [7, 11) is -2.01. The van der Waals surface area contributed by atoms with Crippen LogP contribution < -0.4 is 4.72 Å². The Balaban J connectivity index is 2.52. The zero-order valence-electron chi connectivity index (χ0n) is 10.3. The summed E-state index contributed by atoms with van der Waals surface area (Å²) in [6.45, 7) is 1.80. The Morgan fingerprint density at radius 1 is 1.56 bits per heavy atom. The number of nitrogens with one attached hydrogen (secondary N) is 1. The number of aromatic nitrogens is 1. The number of carbonyl (C=O) groups is 1. The fourth-order valence-electron chi connectivity index (χ4n) is 1.23. The van der Waals surface area contributed by atoms with Gasteiger partial charge in [0.1, 0.15) is 12.2 Å². The van der Waals surface area contributed by atoms with Crippen molar-refractivity contribution in [3.05, 3.63) is 17.8 Å². The third-order valence-electron chi connectivity index (χ3n) is 2.06. The normalized spacial score (nSPS) is 11.4. The number of ether oxygens (including phenoxy) is 1. The van der Waals surface area contributed by atoms with Crippen molar-refractivity contribution in [2.45, 2.75) is 26.3 Å². The van der Waals surface area contributed by atoms with Crippen molar-refractivity contribution in [3.8, 4) is 0 Å². The van der Waals surface area contributed by atoms with E-state index in [1.54, 1.807) is 6.92 Å². The summed E-state index contributed by atoms with van der Waals surface area (Å²) in [4.78, 5) is 14.8. The van der Waals surface area contributed by atoms with Crippen LogP contribution in [0, 0.1) is 0 Å². The number of rotatable bonds is 7. The average Bonchev–Trinajstić information content (AvgIpc) is 2.74. The molecule has 1 N–H and O–H groups in total. The Labute approximate surface area is 106 Å². The first kappa shape index (κ1) is 14.7. The zero-order valence-corrected chi connectivity index (χ0v) is 11.1. The van der Waals surface area contributed by atoms with Crippen molar-refractivity contribution in [1.82, 2.24) is 9.71 Å². The van der Waals surface area contributed by atoms with Crippen molar-refractivity contribution in [2.24, 2.45) is 0 Å². The number of carbonyl (C=O) groups excluding carboxylic acids is 1. The molecule has 0 aromatic carbocycles. The molecule has 102 valence electrons. The van der Waals surface area contributed by atoms with E-state index in [-0.39, 0.29) is 24.6 Å². The van der Waals surface area contributed by atoms with Gasteiger partial charge in [-0.2, -0.15) is 0 Å². The molecule has 1 aromatic heterocycles. The lowest BCUT2D eigenvalue weighted by atomic mass is 10.4. The third kappa shape index (κ3) is 4.84. The number of hydrogen-bond donors (Lipinski definition) is 1. The summed E-state index contributed by atoms with van der Waals surface area (Å²) in [5, 5.41) is 0. The molecule has 0 atom stereocenters. The van der Waals surface area contributed by atoms with Crippen molar-refractivity contribution >= 4 is 16.0 Å². The molecule has 0 aliphatic rings. The van der Waals surface area contributed by atoms with Crippen LogP contribution in [0.2, 0.25) is 0 Å². The van der Waals surface area contributed by atoms with Crippen LogP contribution in [0.1, 0.15) is 25.0 Å². The van der Waals surface area contributed by atoms with E-state index < -0.39 is 16.0 Å². The van der Waals surface area contributed by atoms with Crippen LogP contribution in [0.25, 0.3) is 0 Å². The second-order valence-corrected chi connectivity index (χ2v) is 5.54. The van der Waals surface area contributed by atoms with Crippen molar-refractivity contribution in [1.29, 1.82) is 0 Å². The maximum atomic E-state index is 11.4. The molecule has 0 unspecified atom stereocenters. The predicted molar refractivity (Wildman–Crippen MR) is 63.1 cm³/mol. The van der Waals surface area contributed by atoms with Gasteiger partial charge in [0.15, 0.2) is 0 Å². The lowest BCUT2D eigenvalue weighted by Gasteiger charge is -2.02. The quantitative estimate of drug-likeness (QED) is 0.715. The van der Waals surface area contributed by atoms with Gasteiger partial charge in [-0.1, -0.05) is 6.92 Å². The Hall–Kier alpha value is -1.41. The third-order valence-corrected chi connectivity index (χ3v) is 3.59. The molecule has 1 aromatic rings. The number of esters is 1. The van der Waals surface area contributed by atoms with E-state index in [4.69, 9.17) is 4.42 Å². The number of sulfonamides is 1. The Morgan fingerprint density at radius 3 is 2.89 bits per heavy atom. The molecule has 7 nitrogen and oxygen atoms in total. The first-order valence-electron chi connectivity index (χ1n) is 5.44. The van der Waals surface area contributed by atoms with E-state index in [2.05, 4.69) is 14.4 Å². The van der Waals surface area contributed by atoms with Crippen molar-refractivity contribution in [3.63, 3.8) is 0 Å². The van der Waals surface area contributed by atoms with Gasteiger partial charge in [0.2, 0.25) is 15.9 Å². The maximum Gasteiger partial charge on any atom is 0.314 e. The van der Waals surface area contributed by atoms with E-state index in [1.165, 1.54) is 13.3 Å². The lowest BCUT2D eigenvalue weighted by molar-refractivity contribution is -0.140. The summed E-state index contributed by atoms with van der Waals surface area (Å²) < 4.78 is 34.8. The Morgan fingerprint density at radius 2 is 2.28 bits per heavy atom. The number of methoxy groups -OCH3 is 1. The topological polar surface area (TPSA) is 98.5 Å². The summed E-state index contributed by atoms with van der Waals surface area (Å²) in [5.74, 6) is 0.158. The van der Waals surface area contributed by atoms with Crippen molar-refractivity contribution in [2.75, 3.05) is 12.9 Å². The second kappa shape index (κ2) is 6.50. The van der Waals surface area contributed by atoms with Gasteiger partial charge < -0.3 is 9.15 Å². The first-order valence-corrected chi connectivity index (χ1v) is 7.09. The zero-order chi connectivity index (χ0) is 13.6. The van der Waals surface area contributed by atoms with Gasteiger partial charge in [0.05, 0.1) is 25.6 Å². The summed E-state index contributed by atoms with van der Waals surface area (Å²) >= 11 is 0. The fourth-order valence-corrected chi connectivity index (χ4v) is 2.27. The molecular formula is C10H16N2O5S. The van der Waals surface area contributed by atoms with E-state index >= 15 is 0 Å². The van der Waals surface area contributed by atoms with Gasteiger partial charge in [0.25, 0.3) is 0 Å². The monoisotopic (exact) mass is 276 g/mol. The molecule has 0 aliphatic heterocycles. The minimum atomic E-state index is -3.28. The first-order chi connectivity index (χ1) is 8.46. The van der Waals surface area contributed by atoms with Crippen LogP contribution in [0.5, 0.6) is 0 Å². The van der Waals surface area contributed by atoms with Crippen molar-refractivity contribution < 1.29 is 22.4 Å². The van der Waals surface area contributed by atoms with Crippen LogP contribution in [0.15, 0.2) is 10.6 Å². The standard InChI is InChI=1S/C10H16N2O5S/c1-3-4-18(14,15)12-7-8-6-11-9(17-8)5-10(13)16-2/h6,12H,3-5,7H2,1-2H3. The van der Waals surface area contributed by atoms with E-state index in [0.717, 1.165) is 0 Å². The van der Waals surface area contributed by atoms with Gasteiger partial charge in [-0.05, 0) is 6.42 Å². The average molecular weight is 276 g/mol. The molecule has 8 heteroatoms. The minimum absolute atomic E-state index is 0.0243. The van der Waals surface area contributed by atoms with Crippen LogP contribution in [-0.4, -0.2) is 32.2 Å². The van der Waals surface area contributed by atoms with Gasteiger partial charge >= 0.3 is 5.97 Å². The van der Waals surface area contributed by atoms with Gasteiger partial charge in [-0.25, -0.2) is 18.1 Å². The number of hydrogen-bond acceptors (Lipinski definition) is 6. The molecule has 18 heavy (non-hydrogen) atoms. The molecule has 0 saturated heterocycles. The molecule has 1 heterocycles. The maximum absolute atomic E-state index is 11.4. The highest BCUT2D eigenvalue weighted by Crippen LogP contribution is 2.05. The summed E-state index contributed by atoms with van der Waals surface area (Å²) in [6.07, 6.45) is 1.85. The summed E-state index contributed by atoms with van der Waals surface area (Å²) in [6, 6.07) is 0. The molecule has 0 saturated carbocycles. The molecule has 1 rings (SSSR count). The number of oxazole rings is 1. The van der Waals surface area contributed by atoms with Gasteiger partial charge in [-0.3, -0.25) is 4.79 Å². The second-order valence-electron chi connectivity index (χ2n) is 3.61. The highest BCUT2D eigenvalue weighted by Gasteiger charge is 2.12. The molecule has 0 aliphatic carbocycles. The minimum Gasteiger partial charge on any atom is -0.469 e.